The van der Waals surface area contributed by atoms with Gasteiger partial charge in [0.25, 0.3) is 0 Å². The molecule has 6 rings (SSSR count). The van der Waals surface area contributed by atoms with E-state index in [0.717, 1.165) is 33.3 Å². The Hall–Kier alpha value is -3.97. The molecule has 1 aliphatic heterocycles. The van der Waals surface area contributed by atoms with Crippen LogP contribution < -0.4 is 5.73 Å². The van der Waals surface area contributed by atoms with Crippen molar-refractivity contribution in [3.8, 4) is 0 Å². The number of hydrogen-bond acceptors (Lipinski definition) is 5. The first-order valence-corrected chi connectivity index (χ1v) is 12.5. The maximum absolute atomic E-state index is 9.59. The van der Waals surface area contributed by atoms with Gasteiger partial charge in [0.05, 0.1) is 42.7 Å². The first-order valence-electron chi connectivity index (χ1n) is 12.5. The Morgan fingerprint density at radius 1 is 0.784 bits per heavy atom. The van der Waals surface area contributed by atoms with Crippen LogP contribution in [0.1, 0.15) is 40.6 Å². The molecule has 3 N–H and O–H groups in total. The molecule has 1 saturated heterocycles. The first-order chi connectivity index (χ1) is 18.2. The molecule has 2 heterocycles. The van der Waals surface area contributed by atoms with Crippen molar-refractivity contribution in [2.75, 3.05) is 5.73 Å². The van der Waals surface area contributed by atoms with Crippen molar-refractivity contribution in [2.24, 2.45) is 0 Å². The Morgan fingerprint density at radius 2 is 1.54 bits per heavy atom. The molecule has 4 unspecified atom stereocenters. The number of benzene rings is 4. The molecule has 5 aromatic rings. The van der Waals surface area contributed by atoms with Gasteiger partial charge in [-0.05, 0) is 41.0 Å². The van der Waals surface area contributed by atoms with E-state index in [1.807, 2.05) is 79.1 Å². The molecule has 0 amide bonds. The summed E-state index contributed by atoms with van der Waals surface area (Å²) in [5, 5.41) is 9.59. The van der Waals surface area contributed by atoms with Crippen molar-refractivity contribution in [3.05, 3.63) is 132 Å². The predicted molar refractivity (Wildman–Crippen MR) is 144 cm³/mol. The van der Waals surface area contributed by atoms with Crippen LogP contribution in [0.15, 0.2) is 109 Å². The smallest absolute Gasteiger partial charge is 0.185 e. The quantitative estimate of drug-likeness (QED) is 0.296. The Kier molecular flexibility index (Phi) is 6.45. The summed E-state index contributed by atoms with van der Waals surface area (Å²) in [7, 11) is 0. The van der Waals surface area contributed by atoms with Crippen LogP contribution in [0.2, 0.25) is 0 Å². The van der Waals surface area contributed by atoms with Crippen molar-refractivity contribution < 1.29 is 14.6 Å². The standard InChI is InChI=1S/C31H29N3O3/c32-25-10-6-9-24(17-25)31-36-28(18-34-20-33-26-11-4-5-12-27(26)34)29(22-7-2-1-3-8-22)30(37-31)23-15-13-21(19-35)14-16-23/h1-17,20,28-31,35H,18-19,32H2. The molecule has 1 aliphatic rings. The molecule has 0 spiro atoms. The summed E-state index contributed by atoms with van der Waals surface area (Å²) in [6.45, 7) is 0.604. The van der Waals surface area contributed by atoms with Gasteiger partial charge in [-0.2, -0.15) is 0 Å². The molecule has 1 aromatic heterocycles. The Morgan fingerprint density at radius 3 is 2.32 bits per heavy atom. The lowest BCUT2D eigenvalue weighted by molar-refractivity contribution is -0.263. The zero-order chi connectivity index (χ0) is 25.2. The largest absolute Gasteiger partial charge is 0.399 e. The number of nitrogens with two attached hydrogens (primary N) is 1. The van der Waals surface area contributed by atoms with Gasteiger partial charge in [0.2, 0.25) is 0 Å². The molecule has 0 saturated carbocycles. The van der Waals surface area contributed by atoms with Gasteiger partial charge < -0.3 is 24.9 Å². The average Bonchev–Trinajstić information content (AvgIpc) is 3.36. The second-order valence-corrected chi connectivity index (χ2v) is 9.46. The van der Waals surface area contributed by atoms with Crippen molar-refractivity contribution in [2.45, 2.75) is 37.6 Å². The monoisotopic (exact) mass is 491 g/mol. The normalized spacial score (nSPS) is 21.8. The first kappa shape index (κ1) is 23.4. The molecule has 6 nitrogen and oxygen atoms in total. The molecular weight excluding hydrogens is 462 g/mol. The Balaban J connectivity index is 1.46. The average molecular weight is 492 g/mol. The Bertz CT molecular complexity index is 1480. The van der Waals surface area contributed by atoms with Crippen molar-refractivity contribution in [1.82, 2.24) is 9.55 Å². The predicted octanol–water partition coefficient (Wildman–Crippen LogP) is 5.75. The van der Waals surface area contributed by atoms with E-state index in [-0.39, 0.29) is 24.7 Å². The van der Waals surface area contributed by atoms with Crippen LogP contribution in [0.5, 0.6) is 0 Å². The lowest BCUT2D eigenvalue weighted by atomic mass is 9.83. The minimum Gasteiger partial charge on any atom is -0.399 e. The topological polar surface area (TPSA) is 82.5 Å². The van der Waals surface area contributed by atoms with Crippen molar-refractivity contribution in [3.63, 3.8) is 0 Å². The summed E-state index contributed by atoms with van der Waals surface area (Å²) in [4.78, 5) is 4.60. The summed E-state index contributed by atoms with van der Waals surface area (Å²) < 4.78 is 15.6. The molecule has 37 heavy (non-hydrogen) atoms. The van der Waals surface area contributed by atoms with Crippen LogP contribution in [-0.2, 0) is 22.6 Å². The molecule has 0 bridgehead atoms. The van der Waals surface area contributed by atoms with Crippen LogP contribution in [0.4, 0.5) is 5.69 Å². The molecule has 186 valence electrons. The fourth-order valence-corrected chi connectivity index (χ4v) is 5.22. The molecule has 0 aliphatic carbocycles. The third kappa shape index (κ3) is 4.74. The zero-order valence-electron chi connectivity index (χ0n) is 20.4. The maximum atomic E-state index is 9.59. The number of nitrogen functional groups attached to an aromatic ring is 1. The van der Waals surface area contributed by atoms with Crippen LogP contribution in [-0.4, -0.2) is 20.8 Å². The number of aromatic nitrogens is 2. The number of aliphatic hydroxyl groups excluding tert-OH is 1. The maximum Gasteiger partial charge on any atom is 0.185 e. The van der Waals surface area contributed by atoms with Gasteiger partial charge in [0.15, 0.2) is 6.29 Å². The molecule has 1 fully saturated rings. The summed E-state index contributed by atoms with van der Waals surface area (Å²) in [5.41, 5.74) is 12.7. The van der Waals surface area contributed by atoms with E-state index in [9.17, 15) is 5.11 Å². The van der Waals surface area contributed by atoms with E-state index >= 15 is 0 Å². The van der Waals surface area contributed by atoms with Crippen LogP contribution in [0.3, 0.4) is 0 Å². The third-order valence-corrected chi connectivity index (χ3v) is 7.06. The summed E-state index contributed by atoms with van der Waals surface area (Å²) >= 11 is 0. The van der Waals surface area contributed by atoms with Crippen LogP contribution >= 0.6 is 0 Å². The number of imidazole rings is 1. The number of fused-ring (bicyclic) bond motifs is 1. The van der Waals surface area contributed by atoms with Gasteiger partial charge in [-0.1, -0.05) is 78.9 Å². The third-order valence-electron chi connectivity index (χ3n) is 7.06. The molecule has 6 heteroatoms. The zero-order valence-corrected chi connectivity index (χ0v) is 20.4. The number of para-hydroxylation sites is 2. The van der Waals surface area contributed by atoms with Gasteiger partial charge in [-0.3, -0.25) is 0 Å². The van der Waals surface area contributed by atoms with Crippen molar-refractivity contribution in [1.29, 1.82) is 0 Å². The summed E-state index contributed by atoms with van der Waals surface area (Å²) in [5.74, 6) is -0.0837. The van der Waals surface area contributed by atoms with Crippen molar-refractivity contribution >= 4 is 16.7 Å². The summed E-state index contributed by atoms with van der Waals surface area (Å²) in [6.07, 6.45) is 0.787. The second-order valence-electron chi connectivity index (χ2n) is 9.46. The van der Waals surface area contributed by atoms with E-state index in [1.54, 1.807) is 0 Å². The molecule has 0 radical (unpaired) electrons. The number of anilines is 1. The minimum atomic E-state index is -0.592. The Labute approximate surface area is 215 Å². The van der Waals surface area contributed by atoms with E-state index in [2.05, 4.69) is 39.9 Å². The number of ether oxygens (including phenoxy) is 2. The highest BCUT2D eigenvalue weighted by molar-refractivity contribution is 5.74. The van der Waals surface area contributed by atoms with Gasteiger partial charge in [0.1, 0.15) is 0 Å². The number of rotatable bonds is 6. The van der Waals surface area contributed by atoms with Crippen LogP contribution in [0, 0.1) is 0 Å². The van der Waals surface area contributed by atoms with Gasteiger partial charge in [-0.25, -0.2) is 4.98 Å². The second kappa shape index (κ2) is 10.2. The molecule has 4 atom stereocenters. The van der Waals surface area contributed by atoms with Gasteiger partial charge >= 0.3 is 0 Å². The number of nitrogens with zero attached hydrogens (tertiary/aromatic N) is 2. The van der Waals surface area contributed by atoms with E-state index in [4.69, 9.17) is 15.2 Å². The molecular formula is C31H29N3O3. The SMILES string of the molecule is Nc1cccc(C2OC(Cn3cnc4ccccc43)C(c3ccccc3)C(c3ccc(CO)cc3)O2)c1. The highest BCUT2D eigenvalue weighted by atomic mass is 16.7. The highest BCUT2D eigenvalue weighted by Gasteiger charge is 2.42. The molecule has 4 aromatic carbocycles. The van der Waals surface area contributed by atoms with Crippen LogP contribution in [0.25, 0.3) is 11.0 Å². The van der Waals surface area contributed by atoms with E-state index < -0.39 is 6.29 Å². The van der Waals surface area contributed by atoms with Gasteiger partial charge in [-0.15, -0.1) is 0 Å². The van der Waals surface area contributed by atoms with E-state index in [0.29, 0.717) is 12.2 Å². The summed E-state index contributed by atoms with van der Waals surface area (Å²) in [6, 6.07) is 34.2. The lowest BCUT2D eigenvalue weighted by Gasteiger charge is -2.43. The van der Waals surface area contributed by atoms with Gasteiger partial charge in [0, 0.05) is 17.2 Å². The number of aliphatic hydroxyl groups is 1. The van der Waals surface area contributed by atoms with E-state index in [1.165, 1.54) is 0 Å². The fraction of sp³-hybridized carbons (Fsp3) is 0.194. The highest BCUT2D eigenvalue weighted by Crippen LogP contribution is 2.47. The lowest BCUT2D eigenvalue weighted by Crippen LogP contribution is -2.39. The number of hydrogen-bond donors (Lipinski definition) is 2. The fourth-order valence-electron chi connectivity index (χ4n) is 5.22. The minimum absolute atomic E-state index is 0.000720.